The summed E-state index contributed by atoms with van der Waals surface area (Å²) in [5, 5.41) is 19.7. The molecule has 1 N–H and O–H groups in total. The van der Waals surface area contributed by atoms with Crippen LogP contribution in [0.15, 0.2) is 0 Å². The molecule has 0 aliphatic heterocycles. The van der Waals surface area contributed by atoms with Crippen LogP contribution in [0.4, 0.5) is 0 Å². The summed E-state index contributed by atoms with van der Waals surface area (Å²) in [7, 11) is 3.72. The quantitative estimate of drug-likeness (QED) is 0.842. The minimum absolute atomic E-state index is 0.0150. The van der Waals surface area contributed by atoms with Gasteiger partial charge in [0.1, 0.15) is 5.54 Å². The molecule has 5 nitrogen and oxygen atoms in total. The lowest BCUT2D eigenvalue weighted by Crippen LogP contribution is -2.52. The zero-order valence-electron chi connectivity index (χ0n) is 14.6. The molecule has 0 bridgehead atoms. The van der Waals surface area contributed by atoms with E-state index >= 15 is 0 Å². The van der Waals surface area contributed by atoms with Crippen LogP contribution < -0.4 is 0 Å². The summed E-state index contributed by atoms with van der Waals surface area (Å²) in [6.45, 7) is 1.07. The molecule has 0 aromatic heterocycles. The second-order valence-electron chi connectivity index (χ2n) is 7.47. The summed E-state index contributed by atoms with van der Waals surface area (Å²) in [6, 6.07) is 2.41. The SMILES string of the molecule is CN(CC(=O)N(C)C1(C#N)CCCCC1)CC1CCCCC1O. The molecule has 0 spiro atoms. The molecule has 1 amide bonds. The predicted octanol–water partition coefficient (Wildman–Crippen LogP) is 2.15. The van der Waals surface area contributed by atoms with Crippen molar-refractivity contribution in [2.24, 2.45) is 5.92 Å². The van der Waals surface area contributed by atoms with Gasteiger partial charge < -0.3 is 10.0 Å². The van der Waals surface area contributed by atoms with E-state index in [-0.39, 0.29) is 17.9 Å². The van der Waals surface area contributed by atoms with E-state index in [2.05, 4.69) is 6.07 Å². The Kier molecular flexibility index (Phi) is 6.43. The average molecular weight is 321 g/mol. The highest BCUT2D eigenvalue weighted by Gasteiger charge is 2.39. The van der Waals surface area contributed by atoms with Crippen molar-refractivity contribution in [3.05, 3.63) is 0 Å². The summed E-state index contributed by atoms with van der Waals surface area (Å²) in [6.07, 6.45) is 8.74. The molecule has 5 heteroatoms. The highest BCUT2D eigenvalue weighted by Crippen LogP contribution is 2.32. The second kappa shape index (κ2) is 8.12. The molecular weight excluding hydrogens is 290 g/mol. The molecule has 2 fully saturated rings. The summed E-state index contributed by atoms with van der Waals surface area (Å²) in [5.41, 5.74) is -0.611. The molecule has 23 heavy (non-hydrogen) atoms. The Balaban J connectivity index is 1.88. The van der Waals surface area contributed by atoms with Crippen LogP contribution in [0.2, 0.25) is 0 Å². The number of hydrogen-bond donors (Lipinski definition) is 1. The summed E-state index contributed by atoms with van der Waals surface area (Å²) < 4.78 is 0. The number of rotatable bonds is 5. The maximum atomic E-state index is 12.6. The van der Waals surface area contributed by atoms with E-state index in [1.165, 1.54) is 6.42 Å². The number of carbonyl (C=O) groups excluding carboxylic acids is 1. The zero-order chi connectivity index (χ0) is 16.9. The van der Waals surface area contributed by atoms with Crippen molar-refractivity contribution in [3.63, 3.8) is 0 Å². The van der Waals surface area contributed by atoms with E-state index in [0.717, 1.165) is 57.9 Å². The lowest BCUT2D eigenvalue weighted by molar-refractivity contribution is -0.136. The Labute approximate surface area is 140 Å². The van der Waals surface area contributed by atoms with Gasteiger partial charge in [0.05, 0.1) is 18.7 Å². The van der Waals surface area contributed by atoms with Gasteiger partial charge in [-0.2, -0.15) is 5.26 Å². The normalized spacial score (nSPS) is 27.4. The van der Waals surface area contributed by atoms with E-state index in [0.29, 0.717) is 6.54 Å². The van der Waals surface area contributed by atoms with Crippen LogP contribution in [0, 0.1) is 17.2 Å². The van der Waals surface area contributed by atoms with Crippen LogP contribution in [-0.2, 0) is 4.79 Å². The molecule has 0 saturated heterocycles. The summed E-state index contributed by atoms with van der Waals surface area (Å²) in [5.74, 6) is 0.285. The fourth-order valence-electron chi connectivity index (χ4n) is 4.10. The minimum Gasteiger partial charge on any atom is -0.393 e. The Morgan fingerprint density at radius 1 is 1.17 bits per heavy atom. The lowest BCUT2D eigenvalue weighted by atomic mass is 9.81. The highest BCUT2D eigenvalue weighted by molar-refractivity contribution is 5.79. The third-order valence-corrected chi connectivity index (χ3v) is 5.73. The van der Waals surface area contributed by atoms with Crippen molar-refractivity contribution in [1.29, 1.82) is 5.26 Å². The largest absolute Gasteiger partial charge is 0.393 e. The van der Waals surface area contributed by atoms with Crippen molar-refractivity contribution in [3.8, 4) is 6.07 Å². The maximum Gasteiger partial charge on any atom is 0.237 e. The van der Waals surface area contributed by atoms with Crippen LogP contribution in [-0.4, -0.2) is 59.6 Å². The van der Waals surface area contributed by atoms with E-state index < -0.39 is 5.54 Å². The van der Waals surface area contributed by atoms with Crippen LogP contribution in [0.25, 0.3) is 0 Å². The molecule has 2 saturated carbocycles. The molecule has 130 valence electrons. The first-order chi connectivity index (χ1) is 11.0. The van der Waals surface area contributed by atoms with Gasteiger partial charge in [-0.25, -0.2) is 0 Å². The number of likely N-dealkylation sites (N-methyl/N-ethyl adjacent to an activating group) is 2. The van der Waals surface area contributed by atoms with Crippen molar-refractivity contribution in [1.82, 2.24) is 9.80 Å². The highest BCUT2D eigenvalue weighted by atomic mass is 16.3. The van der Waals surface area contributed by atoms with Gasteiger partial charge in [0.15, 0.2) is 0 Å². The number of nitriles is 1. The Morgan fingerprint density at radius 2 is 1.83 bits per heavy atom. The molecule has 0 aromatic carbocycles. The van der Waals surface area contributed by atoms with Crippen molar-refractivity contribution < 1.29 is 9.90 Å². The third kappa shape index (κ3) is 4.45. The second-order valence-corrected chi connectivity index (χ2v) is 7.47. The number of aliphatic hydroxyl groups excluding tert-OH is 1. The van der Waals surface area contributed by atoms with Gasteiger partial charge in [-0.1, -0.05) is 32.1 Å². The standard InChI is InChI=1S/C18H31N3O2/c1-20(12-15-8-4-5-9-16(15)22)13-17(23)21(2)18(14-19)10-6-3-7-11-18/h15-16,22H,3-13H2,1-2H3. The Morgan fingerprint density at radius 3 is 2.43 bits per heavy atom. The van der Waals surface area contributed by atoms with Gasteiger partial charge in [-0.3, -0.25) is 9.69 Å². The van der Waals surface area contributed by atoms with E-state index in [1.807, 2.05) is 11.9 Å². The van der Waals surface area contributed by atoms with Gasteiger partial charge >= 0.3 is 0 Å². The van der Waals surface area contributed by atoms with Crippen LogP contribution >= 0.6 is 0 Å². The van der Waals surface area contributed by atoms with Crippen molar-refractivity contribution >= 4 is 5.91 Å². The predicted molar refractivity (Wildman–Crippen MR) is 89.7 cm³/mol. The fourth-order valence-corrected chi connectivity index (χ4v) is 4.10. The van der Waals surface area contributed by atoms with Gasteiger partial charge in [-0.05, 0) is 38.6 Å². The van der Waals surface area contributed by atoms with Crippen molar-refractivity contribution in [2.45, 2.75) is 69.4 Å². The molecule has 2 aliphatic rings. The molecular formula is C18H31N3O2. The molecule has 0 radical (unpaired) electrons. The molecule has 0 heterocycles. The number of amides is 1. The van der Waals surface area contributed by atoms with Crippen LogP contribution in [0.3, 0.4) is 0 Å². The van der Waals surface area contributed by atoms with Gasteiger partial charge in [0.25, 0.3) is 0 Å². The molecule has 2 atom stereocenters. The van der Waals surface area contributed by atoms with E-state index in [4.69, 9.17) is 0 Å². The smallest absolute Gasteiger partial charge is 0.237 e. The number of carbonyl (C=O) groups is 1. The molecule has 2 aliphatic carbocycles. The van der Waals surface area contributed by atoms with Crippen LogP contribution in [0.1, 0.15) is 57.8 Å². The van der Waals surface area contributed by atoms with Crippen LogP contribution in [0.5, 0.6) is 0 Å². The number of aliphatic hydroxyl groups is 1. The van der Waals surface area contributed by atoms with Crippen molar-refractivity contribution in [2.75, 3.05) is 27.2 Å². The number of nitrogens with zero attached hydrogens (tertiary/aromatic N) is 3. The summed E-state index contributed by atoms with van der Waals surface area (Å²) in [4.78, 5) is 16.3. The minimum atomic E-state index is -0.611. The topological polar surface area (TPSA) is 67.6 Å². The number of hydrogen-bond acceptors (Lipinski definition) is 4. The van der Waals surface area contributed by atoms with Gasteiger partial charge in [0, 0.05) is 13.6 Å². The fraction of sp³-hybridized carbons (Fsp3) is 0.889. The van der Waals surface area contributed by atoms with E-state index in [9.17, 15) is 15.2 Å². The lowest BCUT2D eigenvalue weighted by Gasteiger charge is -2.40. The Bertz CT molecular complexity index is 440. The first kappa shape index (κ1) is 18.2. The van der Waals surface area contributed by atoms with E-state index in [1.54, 1.807) is 11.9 Å². The third-order valence-electron chi connectivity index (χ3n) is 5.73. The monoisotopic (exact) mass is 321 g/mol. The molecule has 0 aromatic rings. The first-order valence-electron chi connectivity index (χ1n) is 9.03. The zero-order valence-corrected chi connectivity index (χ0v) is 14.6. The summed E-state index contributed by atoms with van der Waals surface area (Å²) >= 11 is 0. The first-order valence-corrected chi connectivity index (χ1v) is 9.03. The van der Waals surface area contributed by atoms with Gasteiger partial charge in [-0.15, -0.1) is 0 Å². The van der Waals surface area contributed by atoms with Gasteiger partial charge in [0.2, 0.25) is 5.91 Å². The average Bonchev–Trinajstić information content (AvgIpc) is 2.56. The molecule has 2 unspecified atom stereocenters. The Hall–Kier alpha value is -1.12. The maximum absolute atomic E-state index is 12.6. The molecule has 2 rings (SSSR count).